The first-order chi connectivity index (χ1) is 17.8. The van der Waals surface area contributed by atoms with Crippen LogP contribution in [0.4, 0.5) is 10.1 Å². The van der Waals surface area contributed by atoms with Crippen LogP contribution in [0.5, 0.6) is 5.75 Å². The lowest BCUT2D eigenvalue weighted by Crippen LogP contribution is -2.45. The van der Waals surface area contributed by atoms with Gasteiger partial charge in [-0.25, -0.2) is 4.39 Å². The number of amides is 1. The van der Waals surface area contributed by atoms with Gasteiger partial charge in [0.1, 0.15) is 0 Å². The minimum Gasteiger partial charge on any atom is -0.504 e. The number of carbonyl (C=O) groups is 2. The van der Waals surface area contributed by atoms with E-state index in [1.165, 1.54) is 19.1 Å². The molecule has 2 heterocycles. The van der Waals surface area contributed by atoms with Crippen molar-refractivity contribution in [3.8, 4) is 16.9 Å². The highest BCUT2D eigenvalue weighted by molar-refractivity contribution is 6.32. The molecule has 1 fully saturated rings. The van der Waals surface area contributed by atoms with Crippen molar-refractivity contribution in [2.24, 2.45) is 0 Å². The van der Waals surface area contributed by atoms with Crippen molar-refractivity contribution < 1.29 is 19.1 Å². The number of hydrogen-bond acceptors (Lipinski definition) is 6. The quantitative estimate of drug-likeness (QED) is 0.327. The number of benzene rings is 2. The molecular weight excluding hydrogens is 495 g/mol. The van der Waals surface area contributed by atoms with Gasteiger partial charge in [-0.1, -0.05) is 23.7 Å². The van der Waals surface area contributed by atoms with E-state index in [2.05, 4.69) is 27.0 Å². The van der Waals surface area contributed by atoms with E-state index in [1.54, 1.807) is 18.3 Å². The SMILES string of the molecule is CC(=O)c1cnc2ccc(-c3cc(F)c(O)c(Cl)c3)cc2c1NC1=CC[C@@H](NC(=O)[C@@H]2CCCN2)CC1. The normalized spacial score (nSPS) is 19.5. The topological polar surface area (TPSA) is 103 Å². The Bertz CT molecular complexity index is 1400. The predicted molar refractivity (Wildman–Crippen MR) is 142 cm³/mol. The van der Waals surface area contributed by atoms with E-state index in [0.29, 0.717) is 46.1 Å². The first-order valence-electron chi connectivity index (χ1n) is 12.4. The van der Waals surface area contributed by atoms with Crippen LogP contribution >= 0.6 is 11.6 Å². The van der Waals surface area contributed by atoms with E-state index in [0.717, 1.165) is 31.5 Å². The fraction of sp³-hybridized carbons (Fsp3) is 0.321. The van der Waals surface area contributed by atoms with Crippen molar-refractivity contribution in [3.05, 3.63) is 64.7 Å². The molecule has 192 valence electrons. The van der Waals surface area contributed by atoms with Gasteiger partial charge in [0, 0.05) is 23.3 Å². The molecule has 9 heteroatoms. The van der Waals surface area contributed by atoms with Gasteiger partial charge in [0.2, 0.25) is 5.91 Å². The van der Waals surface area contributed by atoms with E-state index in [1.807, 2.05) is 6.07 Å². The fourth-order valence-corrected chi connectivity index (χ4v) is 5.16. The summed E-state index contributed by atoms with van der Waals surface area (Å²) in [6.07, 6.45) is 7.70. The van der Waals surface area contributed by atoms with Crippen molar-refractivity contribution in [2.75, 3.05) is 11.9 Å². The number of phenols is 1. The molecule has 5 rings (SSSR count). The van der Waals surface area contributed by atoms with E-state index in [9.17, 15) is 19.1 Å². The molecule has 1 aromatic heterocycles. The third-order valence-electron chi connectivity index (χ3n) is 7.02. The molecule has 1 amide bonds. The Hall–Kier alpha value is -3.49. The van der Waals surface area contributed by atoms with Gasteiger partial charge >= 0.3 is 0 Å². The van der Waals surface area contributed by atoms with Crippen LogP contribution in [0, 0.1) is 5.82 Å². The van der Waals surface area contributed by atoms with E-state index < -0.39 is 11.6 Å². The number of nitrogens with one attached hydrogen (secondary N) is 3. The maximum absolute atomic E-state index is 14.2. The second-order valence-electron chi connectivity index (χ2n) is 9.61. The Balaban J connectivity index is 1.43. The highest BCUT2D eigenvalue weighted by atomic mass is 35.5. The number of hydrogen-bond donors (Lipinski definition) is 4. The fourth-order valence-electron chi connectivity index (χ4n) is 4.96. The average Bonchev–Trinajstić information content (AvgIpc) is 3.43. The second kappa shape index (κ2) is 10.5. The highest BCUT2D eigenvalue weighted by Gasteiger charge is 2.25. The van der Waals surface area contributed by atoms with Gasteiger partial charge in [-0.15, -0.1) is 0 Å². The predicted octanol–water partition coefficient (Wildman–Crippen LogP) is 5.32. The van der Waals surface area contributed by atoms with Gasteiger partial charge in [-0.05, 0) is 81.0 Å². The molecule has 37 heavy (non-hydrogen) atoms. The number of allylic oxidation sites excluding steroid dienone is 1. The molecule has 4 N–H and O–H groups in total. The van der Waals surface area contributed by atoms with E-state index in [4.69, 9.17) is 11.6 Å². The Morgan fingerprint density at radius 2 is 2.03 bits per heavy atom. The van der Waals surface area contributed by atoms with Crippen molar-refractivity contribution in [2.45, 2.75) is 51.1 Å². The molecule has 0 bridgehead atoms. The van der Waals surface area contributed by atoms with Crippen molar-refractivity contribution >= 4 is 39.9 Å². The highest BCUT2D eigenvalue weighted by Crippen LogP contribution is 2.36. The number of ketones is 1. The molecular formula is C28H28ClFN4O3. The van der Waals surface area contributed by atoms with E-state index >= 15 is 0 Å². The molecule has 1 aliphatic carbocycles. The number of Topliss-reactive ketones (excluding diaryl/α,β-unsaturated/α-hetero) is 1. The van der Waals surface area contributed by atoms with Crippen LogP contribution in [0.15, 0.2) is 48.3 Å². The zero-order valence-corrected chi connectivity index (χ0v) is 21.2. The summed E-state index contributed by atoms with van der Waals surface area (Å²) in [6, 6.07) is 8.11. The van der Waals surface area contributed by atoms with Crippen molar-refractivity contribution in [1.29, 1.82) is 0 Å². The van der Waals surface area contributed by atoms with Gasteiger partial charge in [-0.2, -0.15) is 0 Å². The second-order valence-corrected chi connectivity index (χ2v) is 10.0. The molecule has 3 aromatic rings. The molecule has 2 aromatic carbocycles. The number of pyridine rings is 1. The minimum atomic E-state index is -0.811. The van der Waals surface area contributed by atoms with Gasteiger partial charge in [0.25, 0.3) is 0 Å². The summed E-state index contributed by atoms with van der Waals surface area (Å²) in [4.78, 5) is 29.4. The number of rotatable bonds is 6. The first-order valence-corrected chi connectivity index (χ1v) is 12.8. The summed E-state index contributed by atoms with van der Waals surface area (Å²) in [7, 11) is 0. The third kappa shape index (κ3) is 5.31. The standard InChI is InChI=1S/C28H28ClFN4O3/c1-15(35)21-14-32-24-9-4-16(17-12-22(29)27(36)23(30)13-17)11-20(24)26(21)33-18-5-7-19(8-6-18)34-28(37)25-3-2-10-31-25/h4-5,9,11-14,19,25,31,36H,2-3,6-8,10H2,1H3,(H,32,33)(H,34,37)/t19-,25+/m1/s1. The average molecular weight is 523 g/mol. The Morgan fingerprint density at radius 1 is 1.19 bits per heavy atom. The van der Waals surface area contributed by atoms with Gasteiger partial charge in [-0.3, -0.25) is 14.6 Å². The molecule has 0 saturated carbocycles. The van der Waals surface area contributed by atoms with Gasteiger partial charge in [0.05, 0.1) is 27.8 Å². The molecule has 0 radical (unpaired) electrons. The maximum atomic E-state index is 14.2. The third-order valence-corrected chi connectivity index (χ3v) is 7.31. The number of halogens is 2. The Kier molecular flexibility index (Phi) is 7.13. The van der Waals surface area contributed by atoms with Crippen LogP contribution in [0.3, 0.4) is 0 Å². The zero-order valence-electron chi connectivity index (χ0n) is 20.4. The van der Waals surface area contributed by atoms with Gasteiger partial charge in [0.15, 0.2) is 17.3 Å². The smallest absolute Gasteiger partial charge is 0.237 e. The number of anilines is 1. The summed E-state index contributed by atoms with van der Waals surface area (Å²) < 4.78 is 14.2. The number of fused-ring (bicyclic) bond motifs is 1. The lowest BCUT2D eigenvalue weighted by molar-refractivity contribution is -0.123. The number of carbonyl (C=O) groups excluding carboxylic acids is 2. The minimum absolute atomic E-state index is 0.0598. The van der Waals surface area contributed by atoms with Crippen LogP contribution in [-0.2, 0) is 4.79 Å². The summed E-state index contributed by atoms with van der Waals surface area (Å²) in [5, 5.41) is 20.1. The number of aromatic hydroxyl groups is 1. The number of phenolic OH excluding ortho intramolecular Hbond substituents is 1. The van der Waals surface area contributed by atoms with Gasteiger partial charge < -0.3 is 21.1 Å². The zero-order chi connectivity index (χ0) is 26.1. The summed E-state index contributed by atoms with van der Waals surface area (Å²) in [5.41, 5.74) is 3.88. The Morgan fingerprint density at radius 3 is 2.70 bits per heavy atom. The molecule has 1 aliphatic heterocycles. The Labute approximate surface area is 219 Å². The first kappa shape index (κ1) is 25.2. The van der Waals surface area contributed by atoms with Crippen LogP contribution < -0.4 is 16.0 Å². The lowest BCUT2D eigenvalue weighted by Gasteiger charge is -2.26. The van der Waals surface area contributed by atoms with E-state index in [-0.39, 0.29) is 28.8 Å². The molecule has 2 atom stereocenters. The molecule has 0 unspecified atom stereocenters. The molecule has 1 saturated heterocycles. The van der Waals surface area contributed by atoms with Crippen LogP contribution in [0.25, 0.3) is 22.0 Å². The van der Waals surface area contributed by atoms with Crippen molar-refractivity contribution in [1.82, 2.24) is 15.6 Å². The van der Waals surface area contributed by atoms with Crippen LogP contribution in [-0.4, -0.2) is 40.4 Å². The summed E-state index contributed by atoms with van der Waals surface area (Å²) in [5.74, 6) is -1.47. The maximum Gasteiger partial charge on any atom is 0.237 e. The molecule has 2 aliphatic rings. The molecule has 7 nitrogen and oxygen atoms in total. The number of aromatic nitrogens is 1. The summed E-state index contributed by atoms with van der Waals surface area (Å²) >= 11 is 6.00. The largest absolute Gasteiger partial charge is 0.504 e. The summed E-state index contributed by atoms with van der Waals surface area (Å²) in [6.45, 7) is 2.37. The molecule has 0 spiro atoms. The number of nitrogens with zero attached hydrogens (tertiary/aromatic N) is 1. The van der Waals surface area contributed by atoms with Crippen LogP contribution in [0.1, 0.15) is 49.4 Å². The monoisotopic (exact) mass is 522 g/mol. The van der Waals surface area contributed by atoms with Crippen molar-refractivity contribution in [3.63, 3.8) is 0 Å². The lowest BCUT2D eigenvalue weighted by atomic mass is 9.97. The van der Waals surface area contributed by atoms with Crippen LogP contribution in [0.2, 0.25) is 5.02 Å².